The van der Waals surface area contributed by atoms with E-state index < -0.39 is 0 Å². The first-order valence-corrected chi connectivity index (χ1v) is 9.28. The smallest absolute Gasteiger partial charge is 0.224 e. The maximum Gasteiger partial charge on any atom is 0.224 e. The van der Waals surface area contributed by atoms with E-state index in [1.54, 1.807) is 14.2 Å². The van der Waals surface area contributed by atoms with E-state index in [1.807, 2.05) is 66.7 Å². The summed E-state index contributed by atoms with van der Waals surface area (Å²) < 4.78 is 10.6. The van der Waals surface area contributed by atoms with Crippen LogP contribution in [0.4, 0.5) is 0 Å². The number of carbonyl (C=O) groups is 1. The van der Waals surface area contributed by atoms with Gasteiger partial charge in [0.25, 0.3) is 0 Å². The second-order valence-corrected chi connectivity index (χ2v) is 6.59. The Morgan fingerprint density at radius 3 is 2.11 bits per heavy atom. The summed E-state index contributed by atoms with van der Waals surface area (Å²) in [5, 5.41) is 3.19. The van der Waals surface area contributed by atoms with E-state index in [-0.39, 0.29) is 18.4 Å². The number of benzene rings is 3. The summed E-state index contributed by atoms with van der Waals surface area (Å²) in [6.07, 6.45) is 1.01. The quantitative estimate of drug-likeness (QED) is 0.637. The molecule has 28 heavy (non-hydrogen) atoms. The molecule has 0 aliphatic rings. The van der Waals surface area contributed by atoms with E-state index in [9.17, 15) is 4.79 Å². The van der Waals surface area contributed by atoms with E-state index in [0.29, 0.717) is 11.5 Å². The Kier molecular flexibility index (Phi) is 6.68. The molecule has 144 valence electrons. The Bertz CT molecular complexity index is 894. The van der Waals surface area contributed by atoms with Crippen molar-refractivity contribution in [3.63, 3.8) is 0 Å². The van der Waals surface area contributed by atoms with Crippen molar-refractivity contribution < 1.29 is 14.3 Å². The lowest BCUT2D eigenvalue weighted by molar-refractivity contribution is -0.121. The van der Waals surface area contributed by atoms with Crippen molar-refractivity contribution in [2.75, 3.05) is 14.2 Å². The maximum absolute atomic E-state index is 12.8. The van der Waals surface area contributed by atoms with Crippen molar-refractivity contribution in [2.24, 2.45) is 0 Å². The first kappa shape index (κ1) is 19.5. The first-order valence-electron chi connectivity index (χ1n) is 9.28. The van der Waals surface area contributed by atoms with Crippen molar-refractivity contribution in [3.05, 3.63) is 95.6 Å². The zero-order valence-corrected chi connectivity index (χ0v) is 16.2. The average molecular weight is 375 g/mol. The molecule has 3 rings (SSSR count). The highest BCUT2D eigenvalue weighted by molar-refractivity contribution is 5.79. The maximum atomic E-state index is 12.8. The van der Waals surface area contributed by atoms with Crippen molar-refractivity contribution in [2.45, 2.75) is 18.9 Å². The van der Waals surface area contributed by atoms with Crippen LogP contribution in [-0.4, -0.2) is 20.1 Å². The molecule has 4 nitrogen and oxygen atoms in total. The van der Waals surface area contributed by atoms with Crippen LogP contribution in [0.25, 0.3) is 0 Å². The SMILES string of the molecule is COc1ccc(CC(=O)NC(Cc2ccccc2)c2ccccc2)cc1OC. The Labute approximate surface area is 166 Å². The van der Waals surface area contributed by atoms with E-state index in [2.05, 4.69) is 17.4 Å². The van der Waals surface area contributed by atoms with Crippen molar-refractivity contribution in [1.29, 1.82) is 0 Å². The van der Waals surface area contributed by atoms with Gasteiger partial charge >= 0.3 is 0 Å². The zero-order chi connectivity index (χ0) is 19.8. The number of methoxy groups -OCH3 is 2. The molecular formula is C24H25NO3. The van der Waals surface area contributed by atoms with Crippen LogP contribution in [-0.2, 0) is 17.6 Å². The molecule has 3 aromatic rings. The summed E-state index contributed by atoms with van der Waals surface area (Å²) in [7, 11) is 3.19. The number of carbonyl (C=O) groups excluding carboxylic acids is 1. The highest BCUT2D eigenvalue weighted by Crippen LogP contribution is 2.28. The molecule has 0 aliphatic heterocycles. The van der Waals surface area contributed by atoms with Crippen LogP contribution in [0.2, 0.25) is 0 Å². The molecule has 0 radical (unpaired) electrons. The molecule has 1 amide bonds. The summed E-state index contributed by atoms with van der Waals surface area (Å²) in [4.78, 5) is 12.8. The largest absolute Gasteiger partial charge is 0.493 e. The highest BCUT2D eigenvalue weighted by Gasteiger charge is 2.16. The fourth-order valence-corrected chi connectivity index (χ4v) is 3.21. The molecular weight excluding hydrogens is 350 g/mol. The van der Waals surface area contributed by atoms with E-state index in [0.717, 1.165) is 17.5 Å². The Hall–Kier alpha value is -3.27. The topological polar surface area (TPSA) is 47.6 Å². The molecule has 1 N–H and O–H groups in total. The second kappa shape index (κ2) is 9.60. The summed E-state index contributed by atoms with van der Waals surface area (Å²) in [6, 6.07) is 25.7. The van der Waals surface area contributed by atoms with E-state index in [4.69, 9.17) is 9.47 Å². The number of amides is 1. The summed E-state index contributed by atoms with van der Waals surface area (Å²) in [5.41, 5.74) is 3.15. The van der Waals surface area contributed by atoms with Gasteiger partial charge in [0.1, 0.15) is 0 Å². The molecule has 0 spiro atoms. The Morgan fingerprint density at radius 1 is 0.821 bits per heavy atom. The third-order valence-corrected chi connectivity index (χ3v) is 4.63. The summed E-state index contributed by atoms with van der Waals surface area (Å²) in [5.74, 6) is 1.24. The molecule has 0 heterocycles. The van der Waals surface area contributed by atoms with Gasteiger partial charge in [-0.3, -0.25) is 4.79 Å². The standard InChI is InChI=1S/C24H25NO3/c1-27-22-14-13-19(16-23(22)28-2)17-24(26)25-21(20-11-7-4-8-12-20)15-18-9-5-3-6-10-18/h3-14,16,21H,15,17H2,1-2H3,(H,25,26). The van der Waals surface area contributed by atoms with Gasteiger partial charge < -0.3 is 14.8 Å². The third kappa shape index (κ3) is 5.13. The molecule has 0 saturated heterocycles. The lowest BCUT2D eigenvalue weighted by Crippen LogP contribution is -2.31. The van der Waals surface area contributed by atoms with Crippen molar-refractivity contribution >= 4 is 5.91 Å². The fourth-order valence-electron chi connectivity index (χ4n) is 3.21. The Morgan fingerprint density at radius 2 is 1.46 bits per heavy atom. The van der Waals surface area contributed by atoms with Crippen LogP contribution < -0.4 is 14.8 Å². The van der Waals surface area contributed by atoms with Gasteiger partial charge in [0.05, 0.1) is 26.7 Å². The van der Waals surface area contributed by atoms with Crippen LogP contribution in [0.5, 0.6) is 11.5 Å². The molecule has 1 atom stereocenters. The van der Waals surface area contributed by atoms with E-state index >= 15 is 0 Å². The van der Waals surface area contributed by atoms with Crippen molar-refractivity contribution in [3.8, 4) is 11.5 Å². The number of hydrogen-bond donors (Lipinski definition) is 1. The van der Waals surface area contributed by atoms with Crippen molar-refractivity contribution in [1.82, 2.24) is 5.32 Å². The minimum atomic E-state index is -0.0868. The van der Waals surface area contributed by atoms with Crippen LogP contribution in [0.3, 0.4) is 0 Å². The predicted octanol–water partition coefficient (Wildman–Crippen LogP) is 4.35. The number of hydrogen-bond acceptors (Lipinski definition) is 3. The minimum absolute atomic E-state index is 0.0306. The number of rotatable bonds is 8. The zero-order valence-electron chi connectivity index (χ0n) is 16.2. The average Bonchev–Trinajstić information content (AvgIpc) is 2.74. The molecule has 0 aliphatic carbocycles. The minimum Gasteiger partial charge on any atom is -0.493 e. The third-order valence-electron chi connectivity index (χ3n) is 4.63. The molecule has 4 heteroatoms. The normalized spacial score (nSPS) is 11.5. The lowest BCUT2D eigenvalue weighted by atomic mass is 9.98. The highest BCUT2D eigenvalue weighted by atomic mass is 16.5. The van der Waals surface area contributed by atoms with Crippen LogP contribution >= 0.6 is 0 Å². The second-order valence-electron chi connectivity index (χ2n) is 6.59. The van der Waals surface area contributed by atoms with Gasteiger partial charge in [-0.2, -0.15) is 0 Å². The van der Waals surface area contributed by atoms with Gasteiger partial charge in [-0.1, -0.05) is 66.7 Å². The first-order chi connectivity index (χ1) is 13.7. The van der Waals surface area contributed by atoms with Crippen LogP contribution in [0, 0.1) is 0 Å². The number of nitrogens with one attached hydrogen (secondary N) is 1. The van der Waals surface area contributed by atoms with Gasteiger partial charge in [-0.05, 0) is 35.2 Å². The van der Waals surface area contributed by atoms with Gasteiger partial charge in [0.15, 0.2) is 11.5 Å². The number of ether oxygens (including phenoxy) is 2. The molecule has 0 aromatic heterocycles. The van der Waals surface area contributed by atoms with Crippen LogP contribution in [0.15, 0.2) is 78.9 Å². The van der Waals surface area contributed by atoms with Crippen LogP contribution in [0.1, 0.15) is 22.7 Å². The summed E-state index contributed by atoms with van der Waals surface area (Å²) in [6.45, 7) is 0. The molecule has 1 unspecified atom stereocenters. The summed E-state index contributed by atoms with van der Waals surface area (Å²) >= 11 is 0. The predicted molar refractivity (Wildman–Crippen MR) is 111 cm³/mol. The van der Waals surface area contributed by atoms with Gasteiger partial charge in [-0.15, -0.1) is 0 Å². The van der Waals surface area contributed by atoms with Gasteiger partial charge in [0.2, 0.25) is 5.91 Å². The monoisotopic (exact) mass is 375 g/mol. The molecule has 0 bridgehead atoms. The van der Waals surface area contributed by atoms with E-state index in [1.165, 1.54) is 5.56 Å². The Balaban J connectivity index is 1.74. The molecule has 0 fully saturated rings. The van der Waals surface area contributed by atoms with Gasteiger partial charge in [-0.25, -0.2) is 0 Å². The van der Waals surface area contributed by atoms with Gasteiger partial charge in [0, 0.05) is 0 Å². The fraction of sp³-hybridized carbons (Fsp3) is 0.208. The lowest BCUT2D eigenvalue weighted by Gasteiger charge is -2.20. The molecule has 3 aromatic carbocycles. The molecule has 0 saturated carbocycles.